The minimum Gasteiger partial charge on any atom is -0.390 e. The molecule has 1 aromatic carbocycles. The monoisotopic (exact) mass is 305 g/mol. The Bertz CT molecular complexity index is 394. The molecule has 0 bridgehead atoms. The van der Waals surface area contributed by atoms with Gasteiger partial charge < -0.3 is 10.8 Å². The maximum atomic E-state index is 10.9. The van der Waals surface area contributed by atoms with E-state index in [0.717, 1.165) is 70.8 Å². The van der Waals surface area contributed by atoms with Crippen LogP contribution in [-0.4, -0.2) is 17.3 Å². The molecule has 0 unspecified atom stereocenters. The lowest BCUT2D eigenvalue weighted by atomic mass is 9.85. The van der Waals surface area contributed by atoms with Crippen LogP contribution in [0.5, 0.6) is 0 Å². The maximum Gasteiger partial charge on any atom is 0.0651 e. The summed E-state index contributed by atoms with van der Waals surface area (Å²) in [4.78, 5) is 0. The van der Waals surface area contributed by atoms with Crippen molar-refractivity contribution in [3.63, 3.8) is 0 Å². The molecule has 126 valence electrons. The van der Waals surface area contributed by atoms with Crippen molar-refractivity contribution in [2.45, 2.75) is 83.7 Å². The third-order valence-electron chi connectivity index (χ3n) is 4.53. The van der Waals surface area contributed by atoms with Crippen LogP contribution in [0.4, 0.5) is 0 Å². The fraction of sp³-hybridized carbons (Fsp3) is 0.700. The minimum atomic E-state index is -0.473. The molecule has 3 N–H and O–H groups in total. The van der Waals surface area contributed by atoms with Crippen molar-refractivity contribution in [1.82, 2.24) is 0 Å². The molecule has 0 aliphatic carbocycles. The summed E-state index contributed by atoms with van der Waals surface area (Å²) in [5, 5.41) is 10.9. The van der Waals surface area contributed by atoms with Crippen LogP contribution in [0, 0.1) is 0 Å². The van der Waals surface area contributed by atoms with Gasteiger partial charge in [0.15, 0.2) is 0 Å². The molecule has 0 aliphatic heterocycles. The van der Waals surface area contributed by atoms with E-state index in [1.54, 1.807) is 0 Å². The van der Waals surface area contributed by atoms with Crippen molar-refractivity contribution in [2.24, 2.45) is 5.73 Å². The Hall–Kier alpha value is -0.860. The van der Waals surface area contributed by atoms with E-state index in [-0.39, 0.29) is 0 Å². The highest BCUT2D eigenvalue weighted by Crippen LogP contribution is 2.27. The Morgan fingerprint density at radius 1 is 0.909 bits per heavy atom. The molecule has 22 heavy (non-hydrogen) atoms. The van der Waals surface area contributed by atoms with Gasteiger partial charge in [-0.3, -0.25) is 0 Å². The van der Waals surface area contributed by atoms with E-state index in [4.69, 9.17) is 5.73 Å². The first-order chi connectivity index (χ1) is 10.6. The number of nitrogens with two attached hydrogens (primary N) is 1. The van der Waals surface area contributed by atoms with Crippen LogP contribution >= 0.6 is 0 Å². The molecule has 0 saturated heterocycles. The van der Waals surface area contributed by atoms with Crippen molar-refractivity contribution in [3.05, 3.63) is 35.4 Å². The van der Waals surface area contributed by atoms with E-state index < -0.39 is 5.60 Å². The molecule has 0 amide bonds. The van der Waals surface area contributed by atoms with Gasteiger partial charge >= 0.3 is 0 Å². The van der Waals surface area contributed by atoms with Gasteiger partial charge in [-0.1, -0.05) is 63.8 Å². The van der Waals surface area contributed by atoms with E-state index in [1.807, 2.05) is 0 Å². The first kappa shape index (κ1) is 19.2. The molecule has 0 saturated carbocycles. The molecule has 0 radical (unpaired) electrons. The zero-order valence-corrected chi connectivity index (χ0v) is 14.6. The highest BCUT2D eigenvalue weighted by Gasteiger charge is 2.25. The average Bonchev–Trinajstić information content (AvgIpc) is 2.55. The molecule has 0 spiro atoms. The molecule has 1 aromatic rings. The predicted octanol–water partition coefficient (Wildman–Crippen LogP) is 4.62. The lowest BCUT2D eigenvalue weighted by Gasteiger charge is -2.28. The van der Waals surface area contributed by atoms with Crippen molar-refractivity contribution < 1.29 is 5.11 Å². The Morgan fingerprint density at radius 2 is 1.50 bits per heavy atom. The van der Waals surface area contributed by atoms with Crippen LogP contribution in [0.1, 0.15) is 76.3 Å². The van der Waals surface area contributed by atoms with Crippen LogP contribution in [-0.2, 0) is 12.8 Å². The van der Waals surface area contributed by atoms with E-state index in [9.17, 15) is 5.11 Å². The van der Waals surface area contributed by atoms with Gasteiger partial charge in [0.2, 0.25) is 0 Å². The predicted molar refractivity (Wildman–Crippen MR) is 96.1 cm³/mol. The average molecular weight is 306 g/mol. The quantitative estimate of drug-likeness (QED) is 0.592. The van der Waals surface area contributed by atoms with Crippen molar-refractivity contribution in [1.29, 1.82) is 0 Å². The number of hydrogen-bond acceptors (Lipinski definition) is 2. The molecular weight excluding hydrogens is 270 g/mol. The largest absolute Gasteiger partial charge is 0.390 e. The molecule has 2 heteroatoms. The van der Waals surface area contributed by atoms with Crippen LogP contribution in [0.25, 0.3) is 0 Å². The Labute approximate surface area is 137 Å². The SMILES string of the molecule is CCCCC(O)(CCCC)CCc1cccc(CCCN)c1. The van der Waals surface area contributed by atoms with Crippen LogP contribution in [0.2, 0.25) is 0 Å². The smallest absolute Gasteiger partial charge is 0.0651 e. The zero-order chi connectivity index (χ0) is 16.3. The lowest BCUT2D eigenvalue weighted by molar-refractivity contribution is 0.0105. The Kier molecular flexibility index (Phi) is 9.42. The van der Waals surface area contributed by atoms with Crippen LogP contribution in [0.3, 0.4) is 0 Å². The van der Waals surface area contributed by atoms with Gasteiger partial charge in [0, 0.05) is 0 Å². The molecule has 0 aliphatic rings. The third-order valence-corrected chi connectivity index (χ3v) is 4.53. The number of benzene rings is 1. The van der Waals surface area contributed by atoms with Crippen molar-refractivity contribution in [3.8, 4) is 0 Å². The summed E-state index contributed by atoms with van der Waals surface area (Å²) in [7, 11) is 0. The van der Waals surface area contributed by atoms with E-state index in [2.05, 4.69) is 38.1 Å². The molecule has 0 fully saturated rings. The van der Waals surface area contributed by atoms with Crippen LogP contribution in [0.15, 0.2) is 24.3 Å². The maximum absolute atomic E-state index is 10.9. The van der Waals surface area contributed by atoms with Crippen molar-refractivity contribution >= 4 is 0 Å². The number of rotatable bonds is 12. The molecule has 2 nitrogen and oxygen atoms in total. The highest BCUT2D eigenvalue weighted by atomic mass is 16.3. The van der Waals surface area contributed by atoms with E-state index in [1.165, 1.54) is 11.1 Å². The van der Waals surface area contributed by atoms with Gasteiger partial charge in [0.1, 0.15) is 0 Å². The summed E-state index contributed by atoms with van der Waals surface area (Å²) in [6.45, 7) is 5.14. The Balaban J connectivity index is 2.59. The third kappa shape index (κ3) is 7.42. The first-order valence-electron chi connectivity index (χ1n) is 9.14. The fourth-order valence-electron chi connectivity index (χ4n) is 3.01. The lowest BCUT2D eigenvalue weighted by Crippen LogP contribution is -2.29. The summed E-state index contributed by atoms with van der Waals surface area (Å²) in [6, 6.07) is 8.79. The first-order valence-corrected chi connectivity index (χ1v) is 9.14. The second-order valence-corrected chi connectivity index (χ2v) is 6.64. The molecule has 0 atom stereocenters. The molecular formula is C20H35NO. The van der Waals surface area contributed by atoms with Crippen LogP contribution < -0.4 is 5.73 Å². The van der Waals surface area contributed by atoms with Gasteiger partial charge in [-0.25, -0.2) is 0 Å². The van der Waals surface area contributed by atoms with Gasteiger partial charge in [-0.2, -0.15) is 0 Å². The summed E-state index contributed by atoms with van der Waals surface area (Å²) < 4.78 is 0. The summed E-state index contributed by atoms with van der Waals surface area (Å²) in [5.41, 5.74) is 7.83. The topological polar surface area (TPSA) is 46.2 Å². The standard InChI is InChI=1S/C20H35NO/c1-3-5-13-20(22,14-6-4-2)15-12-19-10-7-9-18(17-19)11-8-16-21/h7,9-10,17,22H,3-6,8,11-16,21H2,1-2H3. The zero-order valence-electron chi connectivity index (χ0n) is 14.6. The molecule has 1 rings (SSSR count). The highest BCUT2D eigenvalue weighted by molar-refractivity contribution is 5.24. The second-order valence-electron chi connectivity index (χ2n) is 6.64. The number of aryl methyl sites for hydroxylation is 2. The van der Waals surface area contributed by atoms with E-state index in [0.29, 0.717) is 0 Å². The minimum absolute atomic E-state index is 0.473. The summed E-state index contributed by atoms with van der Waals surface area (Å²) >= 11 is 0. The van der Waals surface area contributed by atoms with E-state index >= 15 is 0 Å². The van der Waals surface area contributed by atoms with Gasteiger partial charge in [-0.15, -0.1) is 0 Å². The Morgan fingerprint density at radius 3 is 2.05 bits per heavy atom. The fourth-order valence-corrected chi connectivity index (χ4v) is 3.01. The molecule has 0 aromatic heterocycles. The second kappa shape index (κ2) is 10.8. The van der Waals surface area contributed by atoms with Crippen molar-refractivity contribution in [2.75, 3.05) is 6.54 Å². The van der Waals surface area contributed by atoms with Gasteiger partial charge in [0.05, 0.1) is 5.60 Å². The van der Waals surface area contributed by atoms with Gasteiger partial charge in [-0.05, 0) is 56.2 Å². The van der Waals surface area contributed by atoms with Gasteiger partial charge in [0.25, 0.3) is 0 Å². The summed E-state index contributed by atoms with van der Waals surface area (Å²) in [5.74, 6) is 0. The molecule has 0 heterocycles. The number of hydrogen-bond donors (Lipinski definition) is 2. The number of aliphatic hydroxyl groups is 1. The summed E-state index contributed by atoms with van der Waals surface area (Å²) in [6.07, 6.45) is 10.4. The number of unbranched alkanes of at least 4 members (excludes halogenated alkanes) is 2. The normalized spacial score (nSPS) is 11.8.